The SMILES string of the molecule is C=C/N=C1/C=CC=C/C1=C/CC. The maximum absolute atomic E-state index is 4.16. The second-order valence-corrected chi connectivity index (χ2v) is 2.48. The molecule has 0 aromatic carbocycles. The minimum atomic E-state index is 0.995. The van der Waals surface area contributed by atoms with Crippen molar-refractivity contribution in [3.8, 4) is 0 Å². The highest BCUT2D eigenvalue weighted by atomic mass is 14.7. The molecule has 62 valence electrons. The topological polar surface area (TPSA) is 12.4 Å². The summed E-state index contributed by atoms with van der Waals surface area (Å²) in [6.45, 7) is 5.69. The first-order valence-electron chi connectivity index (χ1n) is 4.12. The summed E-state index contributed by atoms with van der Waals surface area (Å²) >= 11 is 0. The molecule has 1 aliphatic rings. The number of allylic oxidation sites excluding steroid dienone is 6. The van der Waals surface area contributed by atoms with E-state index in [2.05, 4.69) is 30.6 Å². The molecule has 0 aromatic heterocycles. The van der Waals surface area contributed by atoms with Crippen molar-refractivity contribution in [1.82, 2.24) is 0 Å². The minimum Gasteiger partial charge on any atom is -0.257 e. The van der Waals surface area contributed by atoms with Crippen molar-refractivity contribution >= 4 is 5.71 Å². The van der Waals surface area contributed by atoms with E-state index in [1.165, 1.54) is 5.57 Å². The van der Waals surface area contributed by atoms with Crippen LogP contribution >= 0.6 is 0 Å². The zero-order valence-corrected chi connectivity index (χ0v) is 7.33. The van der Waals surface area contributed by atoms with Crippen molar-refractivity contribution < 1.29 is 0 Å². The summed E-state index contributed by atoms with van der Waals surface area (Å²) in [5.41, 5.74) is 2.18. The third-order valence-electron chi connectivity index (χ3n) is 1.59. The molecule has 0 saturated heterocycles. The first kappa shape index (κ1) is 8.72. The van der Waals surface area contributed by atoms with Crippen molar-refractivity contribution in [1.29, 1.82) is 0 Å². The molecule has 0 amide bonds. The predicted octanol–water partition coefficient (Wildman–Crippen LogP) is 3.03. The van der Waals surface area contributed by atoms with Crippen LogP contribution in [0.5, 0.6) is 0 Å². The molecule has 0 heterocycles. The van der Waals surface area contributed by atoms with E-state index in [4.69, 9.17) is 0 Å². The van der Waals surface area contributed by atoms with Crippen molar-refractivity contribution in [2.24, 2.45) is 4.99 Å². The third kappa shape index (κ3) is 2.06. The molecule has 0 aromatic rings. The molecule has 1 nitrogen and oxygen atoms in total. The van der Waals surface area contributed by atoms with Crippen LogP contribution in [0.1, 0.15) is 13.3 Å². The Kier molecular flexibility index (Phi) is 3.27. The summed E-state index contributed by atoms with van der Waals surface area (Å²) in [7, 11) is 0. The second kappa shape index (κ2) is 4.50. The number of rotatable bonds is 2. The van der Waals surface area contributed by atoms with E-state index in [1.807, 2.05) is 18.2 Å². The first-order chi connectivity index (χ1) is 5.88. The van der Waals surface area contributed by atoms with Gasteiger partial charge in [0.25, 0.3) is 0 Å². The van der Waals surface area contributed by atoms with E-state index in [-0.39, 0.29) is 0 Å². The molecule has 1 heteroatoms. The first-order valence-corrected chi connectivity index (χ1v) is 4.12. The fraction of sp³-hybridized carbons (Fsp3) is 0.182. The monoisotopic (exact) mass is 159 g/mol. The fourth-order valence-electron chi connectivity index (χ4n) is 1.10. The maximum Gasteiger partial charge on any atom is 0.0698 e. The van der Waals surface area contributed by atoms with E-state index in [0.29, 0.717) is 0 Å². The van der Waals surface area contributed by atoms with Crippen LogP contribution in [0.15, 0.2) is 53.7 Å². The summed E-state index contributed by atoms with van der Waals surface area (Å²) in [6.07, 6.45) is 12.8. The van der Waals surface area contributed by atoms with Gasteiger partial charge >= 0.3 is 0 Å². The van der Waals surface area contributed by atoms with Crippen LogP contribution < -0.4 is 0 Å². The lowest BCUT2D eigenvalue weighted by atomic mass is 10.0. The van der Waals surface area contributed by atoms with Gasteiger partial charge in [-0.25, -0.2) is 0 Å². The number of aliphatic imine (C=N–C) groups is 1. The Hall–Kier alpha value is -1.37. The second-order valence-electron chi connectivity index (χ2n) is 2.48. The minimum absolute atomic E-state index is 0.995. The summed E-state index contributed by atoms with van der Waals surface area (Å²) < 4.78 is 0. The van der Waals surface area contributed by atoms with Crippen molar-refractivity contribution in [2.45, 2.75) is 13.3 Å². The lowest BCUT2D eigenvalue weighted by Gasteiger charge is -2.04. The Balaban J connectivity index is 2.92. The van der Waals surface area contributed by atoms with Gasteiger partial charge in [-0.15, -0.1) is 0 Å². The van der Waals surface area contributed by atoms with Crippen LogP contribution in [0, 0.1) is 0 Å². The molecule has 12 heavy (non-hydrogen) atoms. The molecule has 0 saturated carbocycles. The van der Waals surface area contributed by atoms with Crippen LogP contribution in [-0.2, 0) is 0 Å². The fourth-order valence-corrected chi connectivity index (χ4v) is 1.10. The maximum atomic E-state index is 4.16. The largest absolute Gasteiger partial charge is 0.257 e. The van der Waals surface area contributed by atoms with Gasteiger partial charge in [0.2, 0.25) is 0 Å². The quantitative estimate of drug-likeness (QED) is 0.587. The highest BCUT2D eigenvalue weighted by Gasteiger charge is 2.00. The van der Waals surface area contributed by atoms with Crippen LogP contribution in [0.3, 0.4) is 0 Å². The van der Waals surface area contributed by atoms with E-state index >= 15 is 0 Å². The smallest absolute Gasteiger partial charge is 0.0698 e. The highest BCUT2D eigenvalue weighted by molar-refractivity contribution is 6.11. The van der Waals surface area contributed by atoms with Gasteiger partial charge in [0, 0.05) is 6.20 Å². The standard InChI is InChI=1S/C11H13N/c1-3-7-10-8-5-6-9-11(10)12-4-2/h4-9H,2-3H2,1H3/b10-7-,12-11-. The summed E-state index contributed by atoms with van der Waals surface area (Å²) in [5.74, 6) is 0. The van der Waals surface area contributed by atoms with Crippen LogP contribution in [0.25, 0.3) is 0 Å². The normalized spacial score (nSPS) is 22.1. The summed E-state index contributed by atoms with van der Waals surface area (Å²) in [5, 5.41) is 0. The molecule has 1 rings (SSSR count). The molecule has 0 spiro atoms. The summed E-state index contributed by atoms with van der Waals surface area (Å²) in [6, 6.07) is 0. The Morgan fingerprint density at radius 1 is 1.42 bits per heavy atom. The Bertz CT molecular complexity index is 277. The van der Waals surface area contributed by atoms with E-state index in [0.717, 1.165) is 12.1 Å². The van der Waals surface area contributed by atoms with Gasteiger partial charge < -0.3 is 0 Å². The highest BCUT2D eigenvalue weighted by Crippen LogP contribution is 2.09. The van der Waals surface area contributed by atoms with Crippen molar-refractivity contribution in [2.75, 3.05) is 0 Å². The molecular formula is C11H13N. The molecule has 0 aliphatic heterocycles. The van der Waals surface area contributed by atoms with E-state index in [9.17, 15) is 0 Å². The van der Waals surface area contributed by atoms with Gasteiger partial charge in [0.1, 0.15) is 0 Å². The Morgan fingerprint density at radius 2 is 2.17 bits per heavy atom. The van der Waals surface area contributed by atoms with E-state index in [1.54, 1.807) is 6.20 Å². The van der Waals surface area contributed by atoms with Crippen LogP contribution in [-0.4, -0.2) is 5.71 Å². The van der Waals surface area contributed by atoms with Crippen molar-refractivity contribution in [3.63, 3.8) is 0 Å². The zero-order chi connectivity index (χ0) is 8.81. The van der Waals surface area contributed by atoms with Crippen molar-refractivity contribution in [3.05, 3.63) is 48.7 Å². The predicted molar refractivity (Wildman–Crippen MR) is 54.3 cm³/mol. The molecule has 0 unspecified atom stereocenters. The Morgan fingerprint density at radius 3 is 2.83 bits per heavy atom. The average Bonchev–Trinajstić information content (AvgIpc) is 2.09. The van der Waals surface area contributed by atoms with E-state index < -0.39 is 0 Å². The molecule has 1 aliphatic carbocycles. The molecule has 0 radical (unpaired) electrons. The Labute approximate surface area is 73.5 Å². The van der Waals surface area contributed by atoms with Crippen LogP contribution in [0.2, 0.25) is 0 Å². The lowest BCUT2D eigenvalue weighted by Crippen LogP contribution is -1.98. The zero-order valence-electron chi connectivity index (χ0n) is 7.33. The number of hydrogen-bond acceptors (Lipinski definition) is 1. The van der Waals surface area contributed by atoms with Gasteiger partial charge in [0.05, 0.1) is 5.71 Å². The molecular weight excluding hydrogens is 146 g/mol. The third-order valence-corrected chi connectivity index (χ3v) is 1.59. The number of nitrogens with zero attached hydrogens (tertiary/aromatic N) is 1. The molecule has 0 bridgehead atoms. The van der Waals surface area contributed by atoms with Gasteiger partial charge in [-0.3, -0.25) is 4.99 Å². The van der Waals surface area contributed by atoms with Gasteiger partial charge in [-0.2, -0.15) is 0 Å². The van der Waals surface area contributed by atoms with Gasteiger partial charge in [-0.1, -0.05) is 37.8 Å². The molecule has 0 fully saturated rings. The van der Waals surface area contributed by atoms with Gasteiger partial charge in [-0.05, 0) is 18.1 Å². The number of hydrogen-bond donors (Lipinski definition) is 0. The van der Waals surface area contributed by atoms with Gasteiger partial charge in [0.15, 0.2) is 0 Å². The lowest BCUT2D eigenvalue weighted by molar-refractivity contribution is 1.21. The van der Waals surface area contributed by atoms with Crippen LogP contribution in [0.4, 0.5) is 0 Å². The average molecular weight is 159 g/mol. The summed E-state index contributed by atoms with van der Waals surface area (Å²) in [4.78, 5) is 4.16. The molecule has 0 atom stereocenters. The molecule has 0 N–H and O–H groups in total.